The molecule has 3 rings (SSSR count). The second kappa shape index (κ2) is 5.30. The molecule has 0 aliphatic carbocycles. The van der Waals surface area contributed by atoms with Gasteiger partial charge in [0.25, 0.3) is 5.91 Å². The summed E-state index contributed by atoms with van der Waals surface area (Å²) in [6.45, 7) is 1.04. The molecule has 1 spiro atoms. The highest BCUT2D eigenvalue weighted by Gasteiger charge is 2.52. The van der Waals surface area contributed by atoms with Crippen molar-refractivity contribution in [3.05, 3.63) is 29.6 Å². The van der Waals surface area contributed by atoms with E-state index in [0.29, 0.717) is 38.4 Å². The molecule has 2 aliphatic rings. The molecule has 2 saturated heterocycles. The average molecular weight is 309 g/mol. The molecule has 118 valence electrons. The smallest absolute Gasteiger partial charge is 0.276 e. The lowest BCUT2D eigenvalue weighted by Gasteiger charge is -2.43. The largest absolute Gasteiger partial charge is 0.344 e. The van der Waals surface area contributed by atoms with Crippen LogP contribution in [0.15, 0.2) is 12.3 Å². The van der Waals surface area contributed by atoms with Crippen molar-refractivity contribution in [2.45, 2.75) is 31.2 Å². The molecule has 0 saturated carbocycles. The van der Waals surface area contributed by atoms with Gasteiger partial charge in [0.05, 0.1) is 6.20 Å². The average Bonchev–Trinajstić information content (AvgIpc) is 2.89. The topological polar surface area (TPSA) is 53.5 Å². The number of likely N-dealkylation sites (tertiary alicyclic amines) is 2. The molecule has 0 bridgehead atoms. The normalized spacial score (nSPS) is 25.1. The maximum Gasteiger partial charge on any atom is 0.276 e. The Morgan fingerprint density at radius 3 is 2.64 bits per heavy atom. The zero-order valence-corrected chi connectivity index (χ0v) is 12.3. The van der Waals surface area contributed by atoms with Gasteiger partial charge in [-0.15, -0.1) is 0 Å². The van der Waals surface area contributed by atoms with Gasteiger partial charge in [0.1, 0.15) is 11.4 Å². The predicted molar refractivity (Wildman–Crippen MR) is 74.0 cm³/mol. The van der Waals surface area contributed by atoms with Crippen LogP contribution in [0.5, 0.6) is 0 Å². The van der Waals surface area contributed by atoms with E-state index in [4.69, 9.17) is 0 Å². The van der Waals surface area contributed by atoms with Crippen LogP contribution in [0.25, 0.3) is 0 Å². The van der Waals surface area contributed by atoms with E-state index >= 15 is 0 Å². The number of carbonyl (C=O) groups excluding carboxylic acids is 2. The van der Waals surface area contributed by atoms with Crippen molar-refractivity contribution >= 4 is 11.8 Å². The number of hydrogen-bond donors (Lipinski definition) is 0. The number of aromatic nitrogens is 1. The first kappa shape index (κ1) is 14.9. The van der Waals surface area contributed by atoms with E-state index in [0.717, 1.165) is 12.6 Å². The zero-order chi connectivity index (χ0) is 15.9. The molecule has 0 aromatic carbocycles. The molecule has 1 atom stereocenters. The third-order valence-electron chi connectivity index (χ3n) is 4.57. The van der Waals surface area contributed by atoms with Crippen LogP contribution < -0.4 is 0 Å². The fourth-order valence-corrected chi connectivity index (χ4v) is 3.53. The molecule has 2 fully saturated rings. The molecule has 22 heavy (non-hydrogen) atoms. The Hall–Kier alpha value is -2.05. The molecule has 1 aromatic heterocycles. The van der Waals surface area contributed by atoms with Crippen LogP contribution in [0.3, 0.4) is 0 Å². The zero-order valence-electron chi connectivity index (χ0n) is 12.3. The molecule has 1 aromatic rings. The van der Waals surface area contributed by atoms with Crippen molar-refractivity contribution in [1.82, 2.24) is 14.8 Å². The number of likely N-dealkylation sites (N-methyl/N-ethyl adjacent to an activating group) is 1. The summed E-state index contributed by atoms with van der Waals surface area (Å²) < 4.78 is 26.8. The van der Waals surface area contributed by atoms with E-state index in [1.54, 1.807) is 11.9 Å². The first-order chi connectivity index (χ1) is 10.5. The maximum absolute atomic E-state index is 13.8. The minimum absolute atomic E-state index is 0.105. The second-order valence-electron chi connectivity index (χ2n) is 5.91. The van der Waals surface area contributed by atoms with Crippen molar-refractivity contribution in [2.75, 3.05) is 20.1 Å². The van der Waals surface area contributed by atoms with Crippen molar-refractivity contribution in [1.29, 1.82) is 0 Å². The molecule has 2 aliphatic heterocycles. The standard InChI is InChI=1S/C15H17F2N3O2/c1-19-6-2-4-15(14(19)22)5-3-7-20(15)13(21)12-11(17)8-10(16)9-18-12/h8-9H,2-7H2,1H3. The Bertz CT molecular complexity index is 637. The highest BCUT2D eigenvalue weighted by Crippen LogP contribution is 2.38. The van der Waals surface area contributed by atoms with Crippen LogP contribution >= 0.6 is 0 Å². The Morgan fingerprint density at radius 1 is 1.27 bits per heavy atom. The van der Waals surface area contributed by atoms with Gasteiger partial charge in [-0.2, -0.15) is 0 Å². The van der Waals surface area contributed by atoms with Crippen molar-refractivity contribution in [3.63, 3.8) is 0 Å². The van der Waals surface area contributed by atoms with E-state index in [9.17, 15) is 18.4 Å². The molecule has 0 radical (unpaired) electrons. The number of nitrogens with zero attached hydrogens (tertiary/aromatic N) is 3. The minimum atomic E-state index is -0.997. The Balaban J connectivity index is 1.96. The van der Waals surface area contributed by atoms with Crippen molar-refractivity contribution in [3.8, 4) is 0 Å². The molecule has 2 amide bonds. The van der Waals surface area contributed by atoms with E-state index in [1.165, 1.54) is 4.90 Å². The summed E-state index contributed by atoms with van der Waals surface area (Å²) >= 11 is 0. The quantitative estimate of drug-likeness (QED) is 0.791. The van der Waals surface area contributed by atoms with Crippen LogP contribution in [0.4, 0.5) is 8.78 Å². The lowest BCUT2D eigenvalue weighted by atomic mass is 9.85. The summed E-state index contributed by atoms with van der Waals surface area (Å²) in [5, 5.41) is 0. The van der Waals surface area contributed by atoms with E-state index < -0.39 is 28.8 Å². The number of halogens is 2. The Labute approximate surface area is 126 Å². The summed E-state index contributed by atoms with van der Waals surface area (Å²) in [5.41, 5.74) is -1.32. The first-order valence-electron chi connectivity index (χ1n) is 7.34. The third kappa shape index (κ3) is 2.15. The lowest BCUT2D eigenvalue weighted by molar-refractivity contribution is -0.144. The molecule has 5 nitrogen and oxygen atoms in total. The third-order valence-corrected chi connectivity index (χ3v) is 4.57. The van der Waals surface area contributed by atoms with Gasteiger partial charge < -0.3 is 9.80 Å². The number of hydrogen-bond acceptors (Lipinski definition) is 3. The van der Waals surface area contributed by atoms with Gasteiger partial charge in [-0.3, -0.25) is 9.59 Å². The van der Waals surface area contributed by atoms with E-state index in [2.05, 4.69) is 4.98 Å². The van der Waals surface area contributed by atoms with Crippen LogP contribution in [0, 0.1) is 11.6 Å². The SMILES string of the molecule is CN1CCCC2(CCCN2C(=O)c2ncc(F)cc2F)C1=O. The monoisotopic (exact) mass is 309 g/mol. The van der Waals surface area contributed by atoms with Gasteiger partial charge in [0, 0.05) is 26.2 Å². The Kier molecular flexibility index (Phi) is 3.58. The fraction of sp³-hybridized carbons (Fsp3) is 0.533. The van der Waals surface area contributed by atoms with Crippen LogP contribution in [0.1, 0.15) is 36.2 Å². The molecule has 0 N–H and O–H groups in total. The summed E-state index contributed by atoms with van der Waals surface area (Å²) in [6.07, 6.45) is 3.45. The molecule has 7 heteroatoms. The van der Waals surface area contributed by atoms with Gasteiger partial charge in [0.2, 0.25) is 5.91 Å². The maximum atomic E-state index is 13.8. The van der Waals surface area contributed by atoms with Gasteiger partial charge >= 0.3 is 0 Å². The van der Waals surface area contributed by atoms with Crippen LogP contribution in [-0.2, 0) is 4.79 Å². The van der Waals surface area contributed by atoms with Gasteiger partial charge in [0.15, 0.2) is 11.5 Å². The minimum Gasteiger partial charge on any atom is -0.344 e. The molecule has 1 unspecified atom stereocenters. The summed E-state index contributed by atoms with van der Waals surface area (Å²) in [7, 11) is 1.71. The summed E-state index contributed by atoms with van der Waals surface area (Å²) in [6, 6.07) is 0.637. The van der Waals surface area contributed by atoms with Gasteiger partial charge in [-0.1, -0.05) is 0 Å². The molecular weight excluding hydrogens is 292 g/mol. The van der Waals surface area contributed by atoms with E-state index in [1.807, 2.05) is 0 Å². The van der Waals surface area contributed by atoms with E-state index in [-0.39, 0.29) is 5.91 Å². The van der Waals surface area contributed by atoms with Crippen molar-refractivity contribution < 1.29 is 18.4 Å². The Morgan fingerprint density at radius 2 is 1.95 bits per heavy atom. The first-order valence-corrected chi connectivity index (χ1v) is 7.34. The van der Waals surface area contributed by atoms with Crippen LogP contribution in [0.2, 0.25) is 0 Å². The van der Waals surface area contributed by atoms with Crippen LogP contribution in [-0.4, -0.2) is 52.3 Å². The number of amides is 2. The summed E-state index contributed by atoms with van der Waals surface area (Å²) in [4.78, 5) is 31.8. The summed E-state index contributed by atoms with van der Waals surface area (Å²) in [5.74, 6) is -2.58. The van der Waals surface area contributed by atoms with Gasteiger partial charge in [-0.05, 0) is 25.7 Å². The van der Waals surface area contributed by atoms with Gasteiger partial charge in [-0.25, -0.2) is 13.8 Å². The van der Waals surface area contributed by atoms with Crippen molar-refractivity contribution in [2.24, 2.45) is 0 Å². The molecule has 3 heterocycles. The fourth-order valence-electron chi connectivity index (χ4n) is 3.53. The number of pyridine rings is 1. The molecular formula is C15H17F2N3O2. The number of piperidine rings is 1. The second-order valence-corrected chi connectivity index (χ2v) is 5.91. The highest BCUT2D eigenvalue weighted by atomic mass is 19.1. The number of carbonyl (C=O) groups is 2. The number of rotatable bonds is 1. The predicted octanol–water partition coefficient (Wildman–Crippen LogP) is 1.59. The highest BCUT2D eigenvalue weighted by molar-refractivity contribution is 5.99. The lowest BCUT2D eigenvalue weighted by Crippen LogP contribution is -2.60.